The van der Waals surface area contributed by atoms with Crippen molar-refractivity contribution in [2.24, 2.45) is 0 Å². The van der Waals surface area contributed by atoms with E-state index < -0.39 is 17.9 Å². The molecule has 1 aliphatic heterocycles. The van der Waals surface area contributed by atoms with E-state index in [4.69, 9.17) is 31.2 Å². The topological polar surface area (TPSA) is 91.4 Å². The van der Waals surface area contributed by atoms with Crippen molar-refractivity contribution in [3.8, 4) is 17.2 Å². The Morgan fingerprint density at radius 1 is 0.923 bits per heavy atom. The largest absolute Gasteiger partial charge is 0.423 e. The number of carbonyl (C=O) groups is 3. The monoisotopic (exact) mass is 381 g/mol. The molecule has 0 aliphatic carbocycles. The molecule has 0 saturated carbocycles. The van der Waals surface area contributed by atoms with Gasteiger partial charge >= 0.3 is 17.9 Å². The Bertz CT molecular complexity index is 704. The number of esters is 3. The van der Waals surface area contributed by atoms with Gasteiger partial charge in [0, 0.05) is 39.4 Å². The summed E-state index contributed by atoms with van der Waals surface area (Å²) in [4.78, 5) is 36.7. The number of nitrogens with zero attached hydrogens (tertiary/aromatic N) is 1. The van der Waals surface area contributed by atoms with Crippen molar-refractivity contribution in [3.05, 3.63) is 17.7 Å². The lowest BCUT2D eigenvalue weighted by Crippen LogP contribution is -2.40. The number of thiocarbonyl (C=S) groups is 1. The summed E-state index contributed by atoms with van der Waals surface area (Å²) in [5.74, 6) is -2.18. The molecule has 0 amide bonds. The molecule has 0 aromatic heterocycles. The van der Waals surface area contributed by atoms with Crippen LogP contribution in [0.5, 0.6) is 17.2 Å². The second-order valence-corrected chi connectivity index (χ2v) is 5.87. The van der Waals surface area contributed by atoms with Crippen molar-refractivity contribution in [1.82, 2.24) is 4.90 Å². The number of hydrogen-bond acceptors (Lipinski definition) is 8. The van der Waals surface area contributed by atoms with Crippen LogP contribution in [0.3, 0.4) is 0 Å². The van der Waals surface area contributed by atoms with E-state index in [9.17, 15) is 14.4 Å². The average Bonchev–Trinajstić information content (AvgIpc) is 2.56. The van der Waals surface area contributed by atoms with Crippen molar-refractivity contribution >= 4 is 35.1 Å². The smallest absolute Gasteiger partial charge is 0.308 e. The molecule has 0 unspecified atom stereocenters. The van der Waals surface area contributed by atoms with E-state index in [1.807, 2.05) is 4.90 Å². The first-order valence-electron chi connectivity index (χ1n) is 7.88. The van der Waals surface area contributed by atoms with Gasteiger partial charge in [-0.05, 0) is 12.1 Å². The summed E-state index contributed by atoms with van der Waals surface area (Å²) in [6.07, 6.45) is 0. The second-order valence-electron chi connectivity index (χ2n) is 5.49. The SMILES string of the molecule is CC(=O)Oc1cc(C(=S)N2CCOCC2)cc(OC(C)=O)c1OC(C)=O. The first-order chi connectivity index (χ1) is 12.3. The van der Waals surface area contributed by atoms with E-state index in [-0.39, 0.29) is 17.2 Å². The minimum absolute atomic E-state index is 0.0583. The minimum atomic E-state index is -0.657. The van der Waals surface area contributed by atoms with Crippen molar-refractivity contribution < 1.29 is 33.3 Å². The van der Waals surface area contributed by atoms with Gasteiger partial charge < -0.3 is 23.8 Å². The van der Waals surface area contributed by atoms with Gasteiger partial charge in [-0.25, -0.2) is 0 Å². The first kappa shape index (κ1) is 19.8. The van der Waals surface area contributed by atoms with Gasteiger partial charge in [-0.3, -0.25) is 14.4 Å². The van der Waals surface area contributed by atoms with E-state index in [1.165, 1.54) is 32.9 Å². The molecule has 1 aromatic rings. The second kappa shape index (κ2) is 8.72. The number of benzene rings is 1. The molecule has 2 rings (SSSR count). The lowest BCUT2D eigenvalue weighted by molar-refractivity contribution is -0.135. The molecular weight excluding hydrogens is 362 g/mol. The van der Waals surface area contributed by atoms with E-state index in [0.717, 1.165) is 0 Å². The molecule has 1 aliphatic rings. The van der Waals surface area contributed by atoms with Crippen LogP contribution in [0.2, 0.25) is 0 Å². The Kier molecular flexibility index (Phi) is 6.64. The number of carbonyl (C=O) groups excluding carboxylic acids is 3. The van der Waals surface area contributed by atoms with E-state index in [0.29, 0.717) is 36.9 Å². The lowest BCUT2D eigenvalue weighted by atomic mass is 10.1. The number of rotatable bonds is 4. The highest BCUT2D eigenvalue weighted by Gasteiger charge is 2.23. The van der Waals surface area contributed by atoms with Gasteiger partial charge in [0.25, 0.3) is 0 Å². The fraction of sp³-hybridized carbons (Fsp3) is 0.412. The zero-order chi connectivity index (χ0) is 19.3. The molecule has 1 fully saturated rings. The molecular formula is C17H19NO7S. The van der Waals surface area contributed by atoms with Gasteiger partial charge in [0.2, 0.25) is 5.75 Å². The Morgan fingerprint density at radius 2 is 1.38 bits per heavy atom. The standard InChI is InChI=1S/C17H19NO7S/c1-10(19)23-14-8-13(17(26)18-4-6-22-7-5-18)9-15(24-11(2)20)16(14)25-12(3)21/h8-9H,4-7H2,1-3H3. The van der Waals surface area contributed by atoms with Crippen LogP contribution in [-0.2, 0) is 19.1 Å². The summed E-state index contributed by atoms with van der Waals surface area (Å²) >= 11 is 5.50. The summed E-state index contributed by atoms with van der Waals surface area (Å²) in [6, 6.07) is 2.95. The summed E-state index contributed by atoms with van der Waals surface area (Å²) in [7, 11) is 0. The zero-order valence-electron chi connectivity index (χ0n) is 14.7. The molecule has 0 bridgehead atoms. The Morgan fingerprint density at radius 3 is 1.81 bits per heavy atom. The van der Waals surface area contributed by atoms with Crippen LogP contribution in [0.25, 0.3) is 0 Å². The number of ether oxygens (including phenoxy) is 4. The predicted molar refractivity (Wildman–Crippen MR) is 94.5 cm³/mol. The van der Waals surface area contributed by atoms with E-state index in [2.05, 4.69) is 0 Å². The highest BCUT2D eigenvalue weighted by atomic mass is 32.1. The summed E-state index contributed by atoms with van der Waals surface area (Å²) in [5.41, 5.74) is 0.491. The Hall–Kier alpha value is -2.52. The van der Waals surface area contributed by atoms with Crippen LogP contribution < -0.4 is 14.2 Å². The molecule has 0 N–H and O–H groups in total. The van der Waals surface area contributed by atoms with Gasteiger partial charge in [0.1, 0.15) is 4.99 Å². The number of morpholine rings is 1. The fourth-order valence-corrected chi connectivity index (χ4v) is 2.66. The maximum Gasteiger partial charge on any atom is 0.308 e. The van der Waals surface area contributed by atoms with Crippen LogP contribution in [0.15, 0.2) is 12.1 Å². The summed E-state index contributed by atoms with van der Waals surface area (Å²) in [6.45, 7) is 5.89. The minimum Gasteiger partial charge on any atom is -0.423 e. The fourth-order valence-electron chi connectivity index (χ4n) is 2.35. The first-order valence-corrected chi connectivity index (χ1v) is 8.29. The quantitative estimate of drug-likeness (QED) is 0.437. The molecule has 1 heterocycles. The Labute approximate surface area is 155 Å². The van der Waals surface area contributed by atoms with Gasteiger partial charge in [0.05, 0.1) is 13.2 Å². The van der Waals surface area contributed by atoms with Crippen molar-refractivity contribution in [3.63, 3.8) is 0 Å². The third-order valence-corrected chi connectivity index (χ3v) is 3.81. The molecule has 0 spiro atoms. The summed E-state index contributed by atoms with van der Waals surface area (Å²) < 4.78 is 20.7. The highest BCUT2D eigenvalue weighted by Crippen LogP contribution is 2.40. The molecule has 1 aromatic carbocycles. The van der Waals surface area contributed by atoms with E-state index >= 15 is 0 Å². The van der Waals surface area contributed by atoms with Crippen LogP contribution in [0.1, 0.15) is 26.3 Å². The Balaban J connectivity index is 2.50. The van der Waals surface area contributed by atoms with Crippen LogP contribution in [0.4, 0.5) is 0 Å². The molecule has 26 heavy (non-hydrogen) atoms. The molecule has 9 heteroatoms. The molecule has 1 saturated heterocycles. The van der Waals surface area contributed by atoms with Crippen LogP contribution in [0, 0.1) is 0 Å². The van der Waals surface area contributed by atoms with Gasteiger partial charge in [-0.15, -0.1) is 0 Å². The predicted octanol–water partition coefficient (Wildman–Crippen LogP) is 1.47. The lowest BCUT2D eigenvalue weighted by Gasteiger charge is -2.29. The summed E-state index contributed by atoms with van der Waals surface area (Å²) in [5, 5.41) is 0. The molecule has 8 nitrogen and oxygen atoms in total. The van der Waals surface area contributed by atoms with Crippen LogP contribution >= 0.6 is 12.2 Å². The normalized spacial score (nSPS) is 13.7. The van der Waals surface area contributed by atoms with Crippen molar-refractivity contribution in [2.45, 2.75) is 20.8 Å². The van der Waals surface area contributed by atoms with E-state index in [1.54, 1.807) is 0 Å². The highest BCUT2D eigenvalue weighted by molar-refractivity contribution is 7.80. The molecule has 0 atom stereocenters. The van der Waals surface area contributed by atoms with Gasteiger partial charge in [-0.2, -0.15) is 0 Å². The third-order valence-electron chi connectivity index (χ3n) is 3.32. The maximum atomic E-state index is 11.4. The maximum absolute atomic E-state index is 11.4. The van der Waals surface area contributed by atoms with Crippen molar-refractivity contribution in [1.29, 1.82) is 0 Å². The average molecular weight is 381 g/mol. The zero-order valence-corrected chi connectivity index (χ0v) is 15.5. The van der Waals surface area contributed by atoms with Crippen molar-refractivity contribution in [2.75, 3.05) is 26.3 Å². The molecule has 0 radical (unpaired) electrons. The van der Waals surface area contributed by atoms with Gasteiger partial charge in [-0.1, -0.05) is 12.2 Å². The molecule has 140 valence electrons. The van der Waals surface area contributed by atoms with Gasteiger partial charge in [0.15, 0.2) is 11.5 Å². The third kappa shape index (κ3) is 5.24. The van der Waals surface area contributed by atoms with Crippen LogP contribution in [-0.4, -0.2) is 54.1 Å². The number of hydrogen-bond donors (Lipinski definition) is 0.